The highest BCUT2D eigenvalue weighted by atomic mass is 16.5. The van der Waals surface area contributed by atoms with Crippen LogP contribution in [0, 0.1) is 0 Å². The number of benzene rings is 1. The van der Waals surface area contributed by atoms with Crippen molar-refractivity contribution < 1.29 is 9.47 Å². The molecule has 1 aromatic carbocycles. The number of ether oxygens (including phenoxy) is 2. The van der Waals surface area contributed by atoms with Gasteiger partial charge in [-0.05, 0) is 19.5 Å². The smallest absolute Gasteiger partial charge is 0.165 e. The van der Waals surface area contributed by atoms with Gasteiger partial charge in [0.2, 0.25) is 0 Å². The van der Waals surface area contributed by atoms with Crippen LogP contribution >= 0.6 is 0 Å². The molecule has 0 amide bonds. The minimum Gasteiger partial charge on any atom is -0.493 e. The van der Waals surface area contributed by atoms with Crippen LogP contribution in [0.15, 0.2) is 30.4 Å². The van der Waals surface area contributed by atoms with E-state index in [9.17, 15) is 0 Å². The maximum Gasteiger partial charge on any atom is 0.165 e. The predicted octanol–water partition coefficient (Wildman–Crippen LogP) is 2.93. The topological polar surface area (TPSA) is 30.5 Å². The summed E-state index contributed by atoms with van der Waals surface area (Å²) in [5.74, 6) is 1.51. The minimum absolute atomic E-state index is 0.0880. The summed E-state index contributed by atoms with van der Waals surface area (Å²) in [4.78, 5) is 0. The molecule has 3 nitrogen and oxygen atoms in total. The number of likely N-dealkylation sites (N-methyl/N-ethyl adjacent to an activating group) is 1. The zero-order valence-electron chi connectivity index (χ0n) is 11.0. The molecule has 0 spiro atoms. The average Bonchev–Trinajstić information content (AvgIpc) is 2.34. The summed E-state index contributed by atoms with van der Waals surface area (Å²) in [6.07, 6.45) is 0. The molecule has 0 aliphatic heterocycles. The Morgan fingerprint density at radius 2 is 2.06 bits per heavy atom. The standard InChI is InChI=1S/C14H21NO2/c1-6-15-13(10(2)3)11-8-7-9-12(16-4)14(11)17-5/h7-9,13,15H,2,6H2,1,3-5H3. The molecule has 0 saturated heterocycles. The van der Waals surface area contributed by atoms with E-state index in [1.165, 1.54) is 0 Å². The van der Waals surface area contributed by atoms with Crippen molar-refractivity contribution >= 4 is 0 Å². The first-order valence-corrected chi connectivity index (χ1v) is 5.75. The first-order valence-electron chi connectivity index (χ1n) is 5.75. The summed E-state index contributed by atoms with van der Waals surface area (Å²) in [6, 6.07) is 5.97. The number of para-hydroxylation sites is 1. The molecule has 1 N–H and O–H groups in total. The maximum absolute atomic E-state index is 5.44. The van der Waals surface area contributed by atoms with Gasteiger partial charge >= 0.3 is 0 Å². The lowest BCUT2D eigenvalue weighted by Gasteiger charge is -2.22. The summed E-state index contributed by atoms with van der Waals surface area (Å²) >= 11 is 0. The second kappa shape index (κ2) is 6.30. The van der Waals surface area contributed by atoms with E-state index < -0.39 is 0 Å². The summed E-state index contributed by atoms with van der Waals surface area (Å²) in [5.41, 5.74) is 2.11. The highest BCUT2D eigenvalue weighted by molar-refractivity contribution is 5.49. The number of rotatable bonds is 6. The Hall–Kier alpha value is -1.48. The van der Waals surface area contributed by atoms with Gasteiger partial charge in [0.05, 0.1) is 20.3 Å². The van der Waals surface area contributed by atoms with E-state index in [4.69, 9.17) is 9.47 Å². The van der Waals surface area contributed by atoms with Gasteiger partial charge in [0.15, 0.2) is 11.5 Å². The Morgan fingerprint density at radius 3 is 2.53 bits per heavy atom. The van der Waals surface area contributed by atoms with Crippen LogP contribution in [0.25, 0.3) is 0 Å². The maximum atomic E-state index is 5.44. The molecule has 0 radical (unpaired) electrons. The van der Waals surface area contributed by atoms with Crippen molar-refractivity contribution in [1.82, 2.24) is 5.32 Å². The van der Waals surface area contributed by atoms with Gasteiger partial charge in [0, 0.05) is 5.56 Å². The Bertz CT molecular complexity index is 388. The lowest BCUT2D eigenvalue weighted by Crippen LogP contribution is -2.22. The number of nitrogens with one attached hydrogen (secondary N) is 1. The third kappa shape index (κ3) is 3.01. The van der Waals surface area contributed by atoms with Crippen molar-refractivity contribution in [3.05, 3.63) is 35.9 Å². The molecule has 0 aliphatic rings. The van der Waals surface area contributed by atoms with Crippen LogP contribution in [-0.2, 0) is 0 Å². The third-order valence-electron chi connectivity index (χ3n) is 2.65. The molecule has 1 unspecified atom stereocenters. The van der Waals surface area contributed by atoms with Crippen LogP contribution in [-0.4, -0.2) is 20.8 Å². The predicted molar refractivity (Wildman–Crippen MR) is 70.8 cm³/mol. The molecule has 0 heterocycles. The van der Waals surface area contributed by atoms with E-state index in [-0.39, 0.29) is 6.04 Å². The van der Waals surface area contributed by atoms with E-state index in [0.29, 0.717) is 0 Å². The molecular formula is C14H21NO2. The second-order valence-corrected chi connectivity index (χ2v) is 3.92. The van der Waals surface area contributed by atoms with Crippen LogP contribution in [0.4, 0.5) is 0 Å². The SMILES string of the molecule is C=C(C)C(NCC)c1cccc(OC)c1OC. The molecule has 1 rings (SSSR count). The van der Waals surface area contributed by atoms with E-state index in [1.807, 2.05) is 25.1 Å². The highest BCUT2D eigenvalue weighted by Gasteiger charge is 2.18. The van der Waals surface area contributed by atoms with Gasteiger partial charge < -0.3 is 14.8 Å². The Kier molecular flexibility index (Phi) is 5.04. The lowest BCUT2D eigenvalue weighted by molar-refractivity contribution is 0.348. The molecule has 94 valence electrons. The van der Waals surface area contributed by atoms with Gasteiger partial charge in [-0.3, -0.25) is 0 Å². The molecule has 3 heteroatoms. The first-order chi connectivity index (χ1) is 8.15. The van der Waals surface area contributed by atoms with Crippen molar-refractivity contribution in [2.75, 3.05) is 20.8 Å². The fourth-order valence-electron chi connectivity index (χ4n) is 1.89. The van der Waals surface area contributed by atoms with Gasteiger partial charge in [-0.2, -0.15) is 0 Å². The molecule has 0 fully saturated rings. The van der Waals surface area contributed by atoms with Crippen molar-refractivity contribution in [3.8, 4) is 11.5 Å². The fourth-order valence-corrected chi connectivity index (χ4v) is 1.89. The van der Waals surface area contributed by atoms with Crippen molar-refractivity contribution in [1.29, 1.82) is 0 Å². The van der Waals surface area contributed by atoms with Crippen molar-refractivity contribution in [2.45, 2.75) is 19.9 Å². The Balaban J connectivity index is 3.22. The van der Waals surface area contributed by atoms with Crippen LogP contribution in [0.2, 0.25) is 0 Å². The van der Waals surface area contributed by atoms with Crippen molar-refractivity contribution in [3.63, 3.8) is 0 Å². The largest absolute Gasteiger partial charge is 0.493 e. The normalized spacial score (nSPS) is 12.0. The van der Waals surface area contributed by atoms with Crippen LogP contribution in [0.5, 0.6) is 11.5 Å². The Morgan fingerprint density at radius 1 is 1.35 bits per heavy atom. The highest BCUT2D eigenvalue weighted by Crippen LogP contribution is 2.36. The molecule has 0 saturated carbocycles. The van der Waals surface area contributed by atoms with E-state index in [0.717, 1.165) is 29.2 Å². The van der Waals surface area contributed by atoms with E-state index in [2.05, 4.69) is 18.8 Å². The van der Waals surface area contributed by atoms with Crippen molar-refractivity contribution in [2.24, 2.45) is 0 Å². The molecule has 1 atom stereocenters. The van der Waals surface area contributed by atoms with Crippen LogP contribution < -0.4 is 14.8 Å². The fraction of sp³-hybridized carbons (Fsp3) is 0.429. The zero-order chi connectivity index (χ0) is 12.8. The summed E-state index contributed by atoms with van der Waals surface area (Å²) in [6.45, 7) is 8.97. The molecule has 17 heavy (non-hydrogen) atoms. The first kappa shape index (κ1) is 13.6. The lowest BCUT2D eigenvalue weighted by atomic mass is 9.99. The van der Waals surface area contributed by atoms with Gasteiger partial charge in [-0.25, -0.2) is 0 Å². The molecule has 0 aromatic heterocycles. The van der Waals surface area contributed by atoms with E-state index in [1.54, 1.807) is 14.2 Å². The monoisotopic (exact) mass is 235 g/mol. The van der Waals surface area contributed by atoms with Crippen LogP contribution in [0.3, 0.4) is 0 Å². The molecule has 1 aromatic rings. The van der Waals surface area contributed by atoms with Gasteiger partial charge in [-0.1, -0.05) is 31.2 Å². The average molecular weight is 235 g/mol. The van der Waals surface area contributed by atoms with E-state index >= 15 is 0 Å². The van der Waals surface area contributed by atoms with Crippen LogP contribution in [0.1, 0.15) is 25.5 Å². The minimum atomic E-state index is 0.0880. The summed E-state index contributed by atoms with van der Waals surface area (Å²) < 4.78 is 10.7. The zero-order valence-corrected chi connectivity index (χ0v) is 11.0. The third-order valence-corrected chi connectivity index (χ3v) is 2.65. The number of methoxy groups -OCH3 is 2. The summed E-state index contributed by atoms with van der Waals surface area (Å²) in [7, 11) is 3.30. The molecule has 0 bridgehead atoms. The van der Waals surface area contributed by atoms with Gasteiger partial charge in [-0.15, -0.1) is 0 Å². The molecular weight excluding hydrogens is 214 g/mol. The number of hydrogen-bond donors (Lipinski definition) is 1. The Labute approximate surface area is 103 Å². The second-order valence-electron chi connectivity index (χ2n) is 3.92. The molecule has 0 aliphatic carbocycles. The number of hydrogen-bond acceptors (Lipinski definition) is 3. The van der Waals surface area contributed by atoms with Gasteiger partial charge in [0.25, 0.3) is 0 Å². The quantitative estimate of drug-likeness (QED) is 0.769. The van der Waals surface area contributed by atoms with Gasteiger partial charge in [0.1, 0.15) is 0 Å². The summed E-state index contributed by atoms with van der Waals surface area (Å²) in [5, 5.41) is 3.39.